The van der Waals surface area contributed by atoms with Crippen molar-refractivity contribution in [3.8, 4) is 0 Å². The van der Waals surface area contributed by atoms with E-state index in [4.69, 9.17) is 5.73 Å². The van der Waals surface area contributed by atoms with Crippen LogP contribution >= 0.6 is 23.7 Å². The van der Waals surface area contributed by atoms with Gasteiger partial charge in [0.25, 0.3) is 5.91 Å². The van der Waals surface area contributed by atoms with Crippen LogP contribution in [0.2, 0.25) is 0 Å². The zero-order valence-corrected chi connectivity index (χ0v) is 11.4. The number of hydrogen-bond donors (Lipinski definition) is 1. The largest absolute Gasteiger partial charge is 0.338 e. The molecule has 2 N–H and O–H groups in total. The molecule has 96 valence electrons. The molecule has 1 amide bonds. The van der Waals surface area contributed by atoms with E-state index in [9.17, 15) is 4.79 Å². The van der Waals surface area contributed by atoms with E-state index in [1.165, 1.54) is 6.42 Å². The Kier molecular flexibility index (Phi) is 5.95. The first-order valence-electron chi connectivity index (χ1n) is 5.83. The lowest BCUT2D eigenvalue weighted by atomic mass is 9.94. The second-order valence-electron chi connectivity index (χ2n) is 4.35. The van der Waals surface area contributed by atoms with Crippen molar-refractivity contribution in [3.63, 3.8) is 0 Å². The Morgan fingerprint density at radius 2 is 2.41 bits per heavy atom. The van der Waals surface area contributed by atoms with Crippen LogP contribution in [0.1, 0.15) is 29.6 Å². The lowest BCUT2D eigenvalue weighted by Crippen LogP contribution is -2.40. The first-order valence-corrected chi connectivity index (χ1v) is 6.77. The van der Waals surface area contributed by atoms with Crippen LogP contribution in [-0.2, 0) is 0 Å². The minimum absolute atomic E-state index is 0. The summed E-state index contributed by atoms with van der Waals surface area (Å²) in [5.41, 5.74) is 6.41. The number of rotatable bonds is 3. The van der Waals surface area contributed by atoms with E-state index in [2.05, 4.69) is 0 Å². The fraction of sp³-hybridized carbons (Fsp3) is 0.583. The molecule has 0 saturated carbocycles. The van der Waals surface area contributed by atoms with Gasteiger partial charge in [-0.05, 0) is 43.2 Å². The Morgan fingerprint density at radius 1 is 1.59 bits per heavy atom. The van der Waals surface area contributed by atoms with Crippen molar-refractivity contribution < 1.29 is 4.79 Å². The van der Waals surface area contributed by atoms with Crippen LogP contribution in [0.25, 0.3) is 0 Å². The SMILES string of the molecule is Cl.NCCC1CCCN(C(=O)c2ccsc2)C1. The molecule has 5 heteroatoms. The molecule has 0 aromatic carbocycles. The average molecular weight is 275 g/mol. The molecule has 1 aromatic rings. The molecule has 3 nitrogen and oxygen atoms in total. The Bertz CT molecular complexity index is 340. The monoisotopic (exact) mass is 274 g/mol. The number of halogens is 1. The molecule has 0 bridgehead atoms. The molecule has 2 heterocycles. The van der Waals surface area contributed by atoms with Gasteiger partial charge in [-0.2, -0.15) is 11.3 Å². The summed E-state index contributed by atoms with van der Waals surface area (Å²) in [6.07, 6.45) is 3.36. The van der Waals surface area contributed by atoms with Crippen LogP contribution in [0.5, 0.6) is 0 Å². The summed E-state index contributed by atoms with van der Waals surface area (Å²) >= 11 is 1.58. The molecule has 2 rings (SSSR count). The molecule has 1 fully saturated rings. The zero-order valence-electron chi connectivity index (χ0n) is 9.80. The second kappa shape index (κ2) is 6.99. The highest BCUT2D eigenvalue weighted by atomic mass is 35.5. The van der Waals surface area contributed by atoms with Gasteiger partial charge < -0.3 is 10.6 Å². The Morgan fingerprint density at radius 3 is 3.06 bits per heavy atom. The number of nitrogens with zero attached hydrogens (tertiary/aromatic N) is 1. The first kappa shape index (κ1) is 14.5. The minimum atomic E-state index is 0. The molecule has 0 spiro atoms. The molecular formula is C12H19ClN2OS. The summed E-state index contributed by atoms with van der Waals surface area (Å²) in [5, 5.41) is 3.88. The van der Waals surface area contributed by atoms with E-state index in [1.54, 1.807) is 11.3 Å². The first-order chi connectivity index (χ1) is 7.81. The van der Waals surface area contributed by atoms with Crippen LogP contribution in [0.4, 0.5) is 0 Å². The summed E-state index contributed by atoms with van der Waals surface area (Å²) in [7, 11) is 0. The maximum absolute atomic E-state index is 12.1. The van der Waals surface area contributed by atoms with Crippen LogP contribution in [0.15, 0.2) is 16.8 Å². The quantitative estimate of drug-likeness (QED) is 0.920. The van der Waals surface area contributed by atoms with Crippen molar-refractivity contribution in [1.29, 1.82) is 0 Å². The van der Waals surface area contributed by atoms with Gasteiger partial charge in [-0.15, -0.1) is 12.4 Å². The summed E-state index contributed by atoms with van der Waals surface area (Å²) < 4.78 is 0. The number of carbonyl (C=O) groups is 1. The van der Waals surface area contributed by atoms with Crippen LogP contribution in [0.3, 0.4) is 0 Å². The molecule has 0 radical (unpaired) electrons. The molecule has 1 aromatic heterocycles. The van der Waals surface area contributed by atoms with Gasteiger partial charge in [0.05, 0.1) is 5.56 Å². The summed E-state index contributed by atoms with van der Waals surface area (Å²) in [5.74, 6) is 0.782. The van der Waals surface area contributed by atoms with Gasteiger partial charge in [-0.3, -0.25) is 4.79 Å². The van der Waals surface area contributed by atoms with Crippen molar-refractivity contribution in [2.24, 2.45) is 11.7 Å². The Labute approximate surface area is 112 Å². The Hall–Kier alpha value is -0.580. The van der Waals surface area contributed by atoms with Gasteiger partial charge in [0.2, 0.25) is 0 Å². The van der Waals surface area contributed by atoms with Crippen molar-refractivity contribution in [2.45, 2.75) is 19.3 Å². The topological polar surface area (TPSA) is 46.3 Å². The molecule has 0 aliphatic carbocycles. The highest BCUT2D eigenvalue weighted by Gasteiger charge is 2.23. The third-order valence-electron chi connectivity index (χ3n) is 3.15. The highest BCUT2D eigenvalue weighted by molar-refractivity contribution is 7.08. The van der Waals surface area contributed by atoms with E-state index in [-0.39, 0.29) is 18.3 Å². The number of likely N-dealkylation sites (tertiary alicyclic amines) is 1. The Balaban J connectivity index is 0.00000144. The number of amides is 1. The third-order valence-corrected chi connectivity index (χ3v) is 3.83. The predicted molar refractivity (Wildman–Crippen MR) is 73.9 cm³/mol. The maximum atomic E-state index is 12.1. The molecule has 1 unspecified atom stereocenters. The van der Waals surface area contributed by atoms with Crippen molar-refractivity contribution in [3.05, 3.63) is 22.4 Å². The molecule has 17 heavy (non-hydrogen) atoms. The van der Waals surface area contributed by atoms with Gasteiger partial charge in [-0.1, -0.05) is 0 Å². The van der Waals surface area contributed by atoms with Crippen LogP contribution in [-0.4, -0.2) is 30.4 Å². The van der Waals surface area contributed by atoms with Gasteiger partial charge in [0.15, 0.2) is 0 Å². The van der Waals surface area contributed by atoms with E-state index in [1.807, 2.05) is 21.7 Å². The van der Waals surface area contributed by atoms with Crippen molar-refractivity contribution in [1.82, 2.24) is 4.90 Å². The maximum Gasteiger partial charge on any atom is 0.254 e. The van der Waals surface area contributed by atoms with E-state index in [0.29, 0.717) is 5.92 Å². The zero-order chi connectivity index (χ0) is 11.4. The van der Waals surface area contributed by atoms with Gasteiger partial charge in [-0.25, -0.2) is 0 Å². The van der Waals surface area contributed by atoms with Crippen molar-refractivity contribution >= 4 is 29.7 Å². The number of hydrogen-bond acceptors (Lipinski definition) is 3. The fourth-order valence-corrected chi connectivity index (χ4v) is 2.92. The smallest absolute Gasteiger partial charge is 0.254 e. The summed E-state index contributed by atoms with van der Waals surface area (Å²) in [4.78, 5) is 14.1. The lowest BCUT2D eigenvalue weighted by Gasteiger charge is -2.32. The fourth-order valence-electron chi connectivity index (χ4n) is 2.29. The standard InChI is InChI=1S/C12H18N2OS.ClH/c13-5-3-10-2-1-6-14(8-10)12(15)11-4-7-16-9-11;/h4,7,9-10H,1-3,5-6,8,13H2;1H. The van der Waals surface area contributed by atoms with Crippen molar-refractivity contribution in [2.75, 3.05) is 19.6 Å². The van der Waals surface area contributed by atoms with Gasteiger partial charge in [0.1, 0.15) is 0 Å². The molecule has 1 aliphatic heterocycles. The summed E-state index contributed by atoms with van der Waals surface area (Å²) in [6, 6.07) is 1.90. The van der Waals surface area contributed by atoms with Crippen LogP contribution < -0.4 is 5.73 Å². The number of thiophene rings is 1. The molecular weight excluding hydrogens is 256 g/mol. The molecule has 1 saturated heterocycles. The van der Waals surface area contributed by atoms with E-state index < -0.39 is 0 Å². The molecule has 1 atom stereocenters. The number of piperidine rings is 1. The lowest BCUT2D eigenvalue weighted by molar-refractivity contribution is 0.0670. The number of nitrogens with two attached hydrogens (primary N) is 1. The van der Waals surface area contributed by atoms with Gasteiger partial charge in [0, 0.05) is 18.5 Å². The minimum Gasteiger partial charge on any atom is -0.338 e. The average Bonchev–Trinajstić information content (AvgIpc) is 2.82. The normalized spacial score (nSPS) is 19.8. The van der Waals surface area contributed by atoms with Gasteiger partial charge >= 0.3 is 0 Å². The molecule has 1 aliphatic rings. The third kappa shape index (κ3) is 3.69. The van der Waals surface area contributed by atoms with E-state index >= 15 is 0 Å². The second-order valence-corrected chi connectivity index (χ2v) is 5.13. The number of carbonyl (C=O) groups excluding carboxylic acids is 1. The van der Waals surface area contributed by atoms with E-state index in [0.717, 1.165) is 38.0 Å². The highest BCUT2D eigenvalue weighted by Crippen LogP contribution is 2.21. The van der Waals surface area contributed by atoms with Crippen LogP contribution in [0, 0.1) is 5.92 Å². The predicted octanol–water partition coefficient (Wildman–Crippen LogP) is 2.37. The summed E-state index contributed by atoms with van der Waals surface area (Å²) in [6.45, 7) is 2.51.